The molecule has 0 aliphatic carbocycles. The molecule has 156 valence electrons. The molecule has 1 saturated heterocycles. The fourth-order valence-electron chi connectivity index (χ4n) is 3.72. The largest absolute Gasteiger partial charge is 0.496 e. The second kappa shape index (κ2) is 9.41. The molecule has 1 atom stereocenters. The zero-order valence-corrected chi connectivity index (χ0v) is 17.7. The minimum absolute atomic E-state index is 0.226. The van der Waals surface area contributed by atoms with Gasteiger partial charge in [-0.1, -0.05) is 42.3 Å². The number of amides is 1. The number of ether oxygens (including phenoxy) is 1. The molecule has 2 aromatic rings. The van der Waals surface area contributed by atoms with E-state index in [2.05, 4.69) is 5.32 Å². The zero-order valence-electron chi connectivity index (χ0n) is 16.9. The van der Waals surface area contributed by atoms with Crippen molar-refractivity contribution in [1.29, 1.82) is 0 Å². The van der Waals surface area contributed by atoms with Crippen LogP contribution in [0.5, 0.6) is 5.75 Å². The standard InChI is InChI=1S/C22H28N2O4S/c1-17-11-12-21(28-2)18(16-17)13-14-23-22(25)20-10-6-7-15-24(20)29(26,27)19-8-4-3-5-9-19/h3-5,8-9,11-12,16,20H,6-7,10,13-15H2,1-2H3,(H,23,25). The maximum absolute atomic E-state index is 13.0. The summed E-state index contributed by atoms with van der Waals surface area (Å²) in [6, 6.07) is 13.6. The van der Waals surface area contributed by atoms with Crippen LogP contribution in [0.25, 0.3) is 0 Å². The molecule has 1 aliphatic heterocycles. The van der Waals surface area contributed by atoms with Gasteiger partial charge in [0.2, 0.25) is 15.9 Å². The molecule has 29 heavy (non-hydrogen) atoms. The smallest absolute Gasteiger partial charge is 0.243 e. The molecular formula is C22H28N2O4S. The highest BCUT2D eigenvalue weighted by Crippen LogP contribution is 2.25. The van der Waals surface area contributed by atoms with Crippen LogP contribution in [0, 0.1) is 6.92 Å². The summed E-state index contributed by atoms with van der Waals surface area (Å²) in [4.78, 5) is 13.1. The van der Waals surface area contributed by atoms with Gasteiger partial charge in [0.1, 0.15) is 11.8 Å². The van der Waals surface area contributed by atoms with Crippen LogP contribution < -0.4 is 10.1 Å². The number of carbonyl (C=O) groups is 1. The van der Waals surface area contributed by atoms with Gasteiger partial charge in [-0.3, -0.25) is 4.79 Å². The Hall–Kier alpha value is -2.38. The molecule has 6 nitrogen and oxygen atoms in total. The van der Waals surface area contributed by atoms with Crippen LogP contribution >= 0.6 is 0 Å². The molecule has 1 unspecified atom stereocenters. The first kappa shape index (κ1) is 21.3. The Bertz CT molecular complexity index is 945. The summed E-state index contributed by atoms with van der Waals surface area (Å²) < 4.78 is 32.8. The van der Waals surface area contributed by atoms with Crippen molar-refractivity contribution in [2.24, 2.45) is 0 Å². The van der Waals surface area contributed by atoms with Gasteiger partial charge in [-0.2, -0.15) is 4.31 Å². The van der Waals surface area contributed by atoms with E-state index in [-0.39, 0.29) is 10.8 Å². The molecule has 1 amide bonds. The molecule has 1 N–H and O–H groups in total. The van der Waals surface area contributed by atoms with E-state index in [1.807, 2.05) is 25.1 Å². The lowest BCUT2D eigenvalue weighted by Gasteiger charge is -2.33. The van der Waals surface area contributed by atoms with Gasteiger partial charge in [0.25, 0.3) is 0 Å². The Labute approximate surface area is 172 Å². The highest BCUT2D eigenvalue weighted by Gasteiger charge is 2.37. The summed E-state index contributed by atoms with van der Waals surface area (Å²) >= 11 is 0. The molecular weight excluding hydrogens is 388 g/mol. The van der Waals surface area contributed by atoms with Crippen LogP contribution in [-0.4, -0.2) is 44.9 Å². The quantitative estimate of drug-likeness (QED) is 0.753. The first-order valence-corrected chi connectivity index (χ1v) is 11.4. The number of hydrogen-bond donors (Lipinski definition) is 1. The minimum Gasteiger partial charge on any atom is -0.496 e. The van der Waals surface area contributed by atoms with E-state index in [1.54, 1.807) is 37.4 Å². The van der Waals surface area contributed by atoms with Crippen molar-refractivity contribution in [2.45, 2.75) is 43.5 Å². The Kier molecular flexibility index (Phi) is 6.92. The topological polar surface area (TPSA) is 75.7 Å². The highest BCUT2D eigenvalue weighted by molar-refractivity contribution is 7.89. The fourth-order valence-corrected chi connectivity index (χ4v) is 5.40. The van der Waals surface area contributed by atoms with Gasteiger partial charge < -0.3 is 10.1 Å². The Morgan fingerprint density at radius 2 is 1.93 bits per heavy atom. The summed E-state index contributed by atoms with van der Waals surface area (Å²) in [5.74, 6) is 0.548. The lowest BCUT2D eigenvalue weighted by Crippen LogP contribution is -2.52. The van der Waals surface area contributed by atoms with Gasteiger partial charge in [-0.25, -0.2) is 8.42 Å². The minimum atomic E-state index is -3.70. The van der Waals surface area contributed by atoms with E-state index < -0.39 is 16.1 Å². The molecule has 3 rings (SSSR count). The average Bonchev–Trinajstić information content (AvgIpc) is 2.74. The SMILES string of the molecule is COc1ccc(C)cc1CCNC(=O)C1CCCCN1S(=O)(=O)c1ccccc1. The molecule has 1 fully saturated rings. The van der Waals surface area contributed by atoms with Crippen molar-refractivity contribution in [1.82, 2.24) is 9.62 Å². The van der Waals surface area contributed by atoms with Crippen molar-refractivity contribution in [3.63, 3.8) is 0 Å². The van der Waals surface area contributed by atoms with E-state index in [4.69, 9.17) is 4.74 Å². The van der Waals surface area contributed by atoms with Gasteiger partial charge in [-0.05, 0) is 49.9 Å². The molecule has 1 aliphatic rings. The number of piperidine rings is 1. The molecule has 0 radical (unpaired) electrons. The number of nitrogens with zero attached hydrogens (tertiary/aromatic N) is 1. The third-order valence-corrected chi connectivity index (χ3v) is 7.16. The van der Waals surface area contributed by atoms with Gasteiger partial charge in [-0.15, -0.1) is 0 Å². The monoisotopic (exact) mass is 416 g/mol. The number of carbonyl (C=O) groups excluding carboxylic acids is 1. The van der Waals surface area contributed by atoms with Crippen molar-refractivity contribution >= 4 is 15.9 Å². The van der Waals surface area contributed by atoms with E-state index in [0.29, 0.717) is 25.9 Å². The van der Waals surface area contributed by atoms with Crippen molar-refractivity contribution in [3.05, 3.63) is 59.7 Å². The molecule has 0 aromatic heterocycles. The number of hydrogen-bond acceptors (Lipinski definition) is 4. The predicted octanol–water partition coefficient (Wildman–Crippen LogP) is 2.91. The number of benzene rings is 2. The van der Waals surface area contributed by atoms with Crippen LogP contribution in [-0.2, 0) is 21.2 Å². The van der Waals surface area contributed by atoms with Crippen molar-refractivity contribution in [2.75, 3.05) is 20.2 Å². The Morgan fingerprint density at radius 1 is 1.17 bits per heavy atom. The van der Waals surface area contributed by atoms with Crippen LogP contribution in [0.1, 0.15) is 30.4 Å². The second-order valence-corrected chi connectivity index (χ2v) is 9.19. The van der Waals surface area contributed by atoms with E-state index in [9.17, 15) is 13.2 Å². The third-order valence-electron chi connectivity index (χ3n) is 5.24. The summed E-state index contributed by atoms with van der Waals surface area (Å²) in [6.07, 6.45) is 2.75. The Morgan fingerprint density at radius 3 is 2.66 bits per heavy atom. The normalized spacial score (nSPS) is 17.7. The van der Waals surface area contributed by atoms with E-state index in [1.165, 1.54) is 4.31 Å². The van der Waals surface area contributed by atoms with Crippen LogP contribution in [0.3, 0.4) is 0 Å². The van der Waals surface area contributed by atoms with Gasteiger partial charge >= 0.3 is 0 Å². The molecule has 0 spiro atoms. The number of rotatable bonds is 7. The number of methoxy groups -OCH3 is 1. The van der Waals surface area contributed by atoms with Crippen LogP contribution in [0.15, 0.2) is 53.4 Å². The maximum Gasteiger partial charge on any atom is 0.243 e. The predicted molar refractivity (Wildman–Crippen MR) is 112 cm³/mol. The molecule has 7 heteroatoms. The number of aryl methyl sites for hydroxylation is 1. The van der Waals surface area contributed by atoms with E-state index >= 15 is 0 Å². The first-order chi connectivity index (χ1) is 13.9. The molecule has 0 bridgehead atoms. The highest BCUT2D eigenvalue weighted by atomic mass is 32.2. The Balaban J connectivity index is 1.68. The first-order valence-electron chi connectivity index (χ1n) is 9.91. The summed E-state index contributed by atoms with van der Waals surface area (Å²) in [6.45, 7) is 2.80. The maximum atomic E-state index is 13.0. The van der Waals surface area contributed by atoms with Crippen LogP contribution in [0.4, 0.5) is 0 Å². The fraction of sp³-hybridized carbons (Fsp3) is 0.409. The second-order valence-electron chi connectivity index (χ2n) is 7.30. The zero-order chi connectivity index (χ0) is 20.9. The summed E-state index contributed by atoms with van der Waals surface area (Å²) in [5.41, 5.74) is 2.14. The lowest BCUT2D eigenvalue weighted by atomic mass is 10.0. The summed E-state index contributed by atoms with van der Waals surface area (Å²) in [5, 5.41) is 2.92. The number of sulfonamides is 1. The van der Waals surface area contributed by atoms with Crippen molar-refractivity contribution in [3.8, 4) is 5.75 Å². The number of nitrogens with one attached hydrogen (secondary N) is 1. The van der Waals surface area contributed by atoms with Crippen molar-refractivity contribution < 1.29 is 17.9 Å². The van der Waals surface area contributed by atoms with Gasteiger partial charge in [0.15, 0.2) is 0 Å². The van der Waals surface area contributed by atoms with Crippen LogP contribution in [0.2, 0.25) is 0 Å². The molecule has 0 saturated carbocycles. The van der Waals surface area contributed by atoms with E-state index in [0.717, 1.165) is 29.7 Å². The molecule has 1 heterocycles. The molecule has 2 aromatic carbocycles. The average molecular weight is 417 g/mol. The lowest BCUT2D eigenvalue weighted by molar-refractivity contribution is -0.125. The van der Waals surface area contributed by atoms with Gasteiger partial charge in [0.05, 0.1) is 12.0 Å². The van der Waals surface area contributed by atoms with Gasteiger partial charge in [0, 0.05) is 13.1 Å². The summed E-state index contributed by atoms with van der Waals surface area (Å²) in [7, 11) is -2.07. The third kappa shape index (κ3) is 4.97.